The first-order chi connectivity index (χ1) is 17.4. The van der Waals surface area contributed by atoms with Crippen molar-refractivity contribution >= 4 is 33.5 Å². The molecule has 0 saturated heterocycles. The van der Waals surface area contributed by atoms with E-state index in [0.29, 0.717) is 5.56 Å². The summed E-state index contributed by atoms with van der Waals surface area (Å²) >= 11 is 0. The van der Waals surface area contributed by atoms with E-state index in [4.69, 9.17) is 10.8 Å². The predicted molar refractivity (Wildman–Crippen MR) is 134 cm³/mol. The third kappa shape index (κ3) is 7.09. The Hall–Kier alpha value is -3.81. The van der Waals surface area contributed by atoms with Gasteiger partial charge in [0, 0.05) is 7.11 Å². The van der Waals surface area contributed by atoms with Gasteiger partial charge in [0.15, 0.2) is 12.2 Å². The fourth-order valence-electron chi connectivity index (χ4n) is 3.47. The lowest BCUT2D eigenvalue weighted by atomic mass is 10.0. The van der Waals surface area contributed by atoms with E-state index >= 15 is 0 Å². The van der Waals surface area contributed by atoms with Gasteiger partial charge in [0.05, 0.1) is 22.7 Å². The van der Waals surface area contributed by atoms with E-state index in [2.05, 4.69) is 4.74 Å². The van der Waals surface area contributed by atoms with Crippen LogP contribution < -0.4 is 0 Å². The number of esters is 2. The minimum atomic E-state index is -1.21. The number of halogens is 1. The number of rotatable bonds is 5. The van der Waals surface area contributed by atoms with Crippen LogP contribution in [0.15, 0.2) is 84.9 Å². The van der Waals surface area contributed by atoms with Gasteiger partial charge in [0.2, 0.25) is 0 Å². The number of carbonyl (C=O) groups excluding carboxylic acids is 2. The molecule has 4 rings (SSSR count). The molecule has 0 spiro atoms. The number of methoxy groups -OCH3 is 3. The molecule has 0 amide bonds. The highest BCUT2D eigenvalue weighted by Crippen LogP contribution is 2.23. The van der Waals surface area contributed by atoms with Gasteiger partial charge in [-0.25, -0.2) is 9.59 Å². The maximum Gasteiger partial charge on any atom is 0.339 e. The van der Waals surface area contributed by atoms with E-state index < -0.39 is 25.3 Å². The zero-order valence-corrected chi connectivity index (χ0v) is 19.8. The zero-order chi connectivity index (χ0) is 26.5. The number of aliphatic hydroxyl groups excluding tert-OH is 1. The van der Waals surface area contributed by atoms with Crippen molar-refractivity contribution in [3.8, 4) is 0 Å². The van der Waals surface area contributed by atoms with Crippen LogP contribution in [0.4, 0.5) is 4.39 Å². The maximum absolute atomic E-state index is 11.5. The lowest BCUT2D eigenvalue weighted by Gasteiger charge is -2.13. The molecule has 0 saturated carbocycles. The van der Waals surface area contributed by atoms with Gasteiger partial charge in [0.1, 0.15) is 0 Å². The fraction of sp³-hybridized carbons (Fsp3) is 0.214. The molecule has 0 aliphatic carbocycles. The van der Waals surface area contributed by atoms with E-state index in [1.807, 2.05) is 72.8 Å². The Kier molecular flexibility index (Phi) is 10.2. The van der Waals surface area contributed by atoms with Gasteiger partial charge >= 0.3 is 11.9 Å². The van der Waals surface area contributed by atoms with Gasteiger partial charge in [-0.2, -0.15) is 0 Å². The van der Waals surface area contributed by atoms with Crippen LogP contribution in [0.1, 0.15) is 24.7 Å². The van der Waals surface area contributed by atoms with Crippen LogP contribution in [0.3, 0.4) is 0 Å². The summed E-state index contributed by atoms with van der Waals surface area (Å²) in [6.45, 7) is 0. The monoisotopic (exact) mass is 481 g/mol. The lowest BCUT2D eigenvalue weighted by Crippen LogP contribution is -2.15. The second kappa shape index (κ2) is 13.8. The van der Waals surface area contributed by atoms with E-state index in [-0.39, 0.29) is 5.97 Å². The first-order valence-electron chi connectivity index (χ1n) is 11.3. The Morgan fingerprint density at radius 3 is 1.63 bits per heavy atom. The topological polar surface area (TPSA) is 82.1 Å². The molecular formula is C28H29FO6. The van der Waals surface area contributed by atoms with Crippen molar-refractivity contribution in [3.63, 3.8) is 0 Å². The number of aliphatic hydroxyl groups is 1. The molecule has 0 bridgehead atoms. The summed E-state index contributed by atoms with van der Waals surface area (Å²) in [5, 5.41) is 14.0. The van der Waals surface area contributed by atoms with Crippen molar-refractivity contribution in [1.29, 1.82) is 0 Å². The Bertz CT molecular complexity index is 1280. The Morgan fingerprint density at radius 1 is 0.743 bits per heavy atom. The van der Waals surface area contributed by atoms with E-state index in [9.17, 15) is 19.1 Å². The molecule has 0 heterocycles. The fourth-order valence-corrected chi connectivity index (χ4v) is 3.47. The average molecular weight is 482 g/mol. The zero-order valence-electron chi connectivity index (χ0n) is 20.8. The molecule has 0 fully saturated rings. The Labute approximate surface area is 205 Å². The van der Waals surface area contributed by atoms with Crippen LogP contribution in [-0.4, -0.2) is 45.5 Å². The number of benzene rings is 4. The van der Waals surface area contributed by atoms with Crippen LogP contribution in [0.5, 0.6) is 0 Å². The maximum atomic E-state index is 11.5. The van der Waals surface area contributed by atoms with Gasteiger partial charge in [-0.05, 0) is 44.8 Å². The molecule has 6 nitrogen and oxygen atoms in total. The van der Waals surface area contributed by atoms with Crippen LogP contribution in [0.25, 0.3) is 21.5 Å². The van der Waals surface area contributed by atoms with Gasteiger partial charge in [-0.3, -0.25) is 4.39 Å². The standard InChI is InChI=1S/C14H14O3.C13H12O3.CH3F/c1-16-13(14(15)17-2)12-8-7-10-5-3-4-6-11(10)9-12;1-16-13(15)12(14)11-7-6-9-4-2-3-5-10(9)8-11;1-2/h3-9,13H,1-2H3;2-8,12,14H,1H3;1H3/i;;1D. The highest BCUT2D eigenvalue weighted by Gasteiger charge is 2.20. The summed E-state index contributed by atoms with van der Waals surface area (Å²) in [7, 11) is 3.11. The minimum Gasteiger partial charge on any atom is -0.467 e. The molecule has 2 atom stereocenters. The minimum absolute atomic E-state index is 0.386. The number of ether oxygens (including phenoxy) is 3. The summed E-state index contributed by atoms with van der Waals surface area (Å²) in [6.07, 6.45) is -1.88. The van der Waals surface area contributed by atoms with Crippen molar-refractivity contribution < 1.29 is 34.7 Å². The van der Waals surface area contributed by atoms with Crippen molar-refractivity contribution in [2.24, 2.45) is 0 Å². The van der Waals surface area contributed by atoms with E-state index in [1.165, 1.54) is 21.3 Å². The number of fused-ring (bicyclic) bond motifs is 2. The van der Waals surface area contributed by atoms with Crippen LogP contribution >= 0.6 is 0 Å². The van der Waals surface area contributed by atoms with Crippen molar-refractivity contribution in [3.05, 3.63) is 96.1 Å². The van der Waals surface area contributed by atoms with E-state index in [0.717, 1.165) is 27.1 Å². The summed E-state index contributed by atoms with van der Waals surface area (Å²) in [5.74, 6) is -1.03. The smallest absolute Gasteiger partial charge is 0.339 e. The molecule has 0 aliphatic heterocycles. The molecule has 4 aromatic rings. The molecule has 0 aromatic heterocycles. The molecule has 1 N–H and O–H groups in total. The molecule has 7 heteroatoms. The predicted octanol–water partition coefficient (Wildman–Crippen LogP) is 5.33. The molecule has 35 heavy (non-hydrogen) atoms. The number of alkyl halides is 1. The average Bonchev–Trinajstić information content (AvgIpc) is 2.93. The number of hydrogen-bond acceptors (Lipinski definition) is 6. The van der Waals surface area contributed by atoms with Crippen LogP contribution in [0, 0.1) is 0 Å². The Morgan fingerprint density at radius 2 is 1.17 bits per heavy atom. The molecular weight excluding hydrogens is 451 g/mol. The second-order valence-electron chi connectivity index (χ2n) is 7.28. The normalized spacial score (nSPS) is 12.2. The van der Waals surface area contributed by atoms with Gasteiger partial charge in [-0.15, -0.1) is 0 Å². The number of carbonyl (C=O) groups is 2. The third-order valence-electron chi connectivity index (χ3n) is 5.24. The molecule has 0 aliphatic rings. The lowest BCUT2D eigenvalue weighted by molar-refractivity contribution is -0.152. The summed E-state index contributed by atoms with van der Waals surface area (Å²) < 4.78 is 29.9. The van der Waals surface area contributed by atoms with Crippen LogP contribution in [-0.2, 0) is 23.8 Å². The van der Waals surface area contributed by atoms with Crippen LogP contribution in [0.2, 0.25) is 0 Å². The first-order valence-corrected chi connectivity index (χ1v) is 10.6. The van der Waals surface area contributed by atoms with Crippen molar-refractivity contribution in [1.82, 2.24) is 0 Å². The first kappa shape index (κ1) is 25.8. The van der Waals surface area contributed by atoms with Gasteiger partial charge in [-0.1, -0.05) is 72.8 Å². The summed E-state index contributed by atoms with van der Waals surface area (Å²) in [5.41, 5.74) is 1.35. The van der Waals surface area contributed by atoms with Gasteiger partial charge in [0.25, 0.3) is 0 Å². The van der Waals surface area contributed by atoms with E-state index in [1.54, 1.807) is 12.1 Å². The largest absolute Gasteiger partial charge is 0.467 e. The molecule has 2 unspecified atom stereocenters. The SMILES string of the molecule is COC(=O)C(O)c1ccc2ccccc2c1.COC(=O)C(OC)c1ccc2ccccc2c1.[2H]CF. The highest BCUT2D eigenvalue weighted by atomic mass is 19.1. The van der Waals surface area contributed by atoms with Gasteiger partial charge < -0.3 is 19.3 Å². The highest BCUT2D eigenvalue weighted by molar-refractivity contribution is 5.86. The molecule has 0 radical (unpaired) electrons. The summed E-state index contributed by atoms with van der Waals surface area (Å²) in [4.78, 5) is 22.7. The molecule has 184 valence electrons. The van der Waals surface area contributed by atoms with Crippen molar-refractivity contribution in [2.45, 2.75) is 12.2 Å². The number of hydrogen-bond donors (Lipinski definition) is 1. The quantitative estimate of drug-likeness (QED) is 0.388. The molecule has 4 aromatic carbocycles. The Balaban J connectivity index is 0.000000229. The second-order valence-corrected chi connectivity index (χ2v) is 7.28. The third-order valence-corrected chi connectivity index (χ3v) is 5.24. The van der Waals surface area contributed by atoms with Crippen molar-refractivity contribution in [2.75, 3.05) is 28.5 Å². The summed E-state index contributed by atoms with van der Waals surface area (Å²) in [6, 6.07) is 26.9.